The fourth-order valence-corrected chi connectivity index (χ4v) is 2.03. The lowest BCUT2D eigenvalue weighted by atomic mass is 9.94. The highest BCUT2D eigenvalue weighted by Crippen LogP contribution is 2.22. The molecule has 3 nitrogen and oxygen atoms in total. The summed E-state index contributed by atoms with van der Waals surface area (Å²) < 4.78 is 5.07. The van der Waals surface area contributed by atoms with Crippen molar-refractivity contribution in [3.8, 4) is 5.75 Å². The van der Waals surface area contributed by atoms with Gasteiger partial charge in [-0.2, -0.15) is 0 Å². The summed E-state index contributed by atoms with van der Waals surface area (Å²) in [5, 5.41) is 12.8. The minimum absolute atomic E-state index is 0.353. The molecule has 3 heteroatoms. The number of aromatic hydroxyl groups is 1. The van der Waals surface area contributed by atoms with Crippen LogP contribution in [0.5, 0.6) is 5.75 Å². The van der Waals surface area contributed by atoms with Crippen LogP contribution in [0, 0.1) is 0 Å². The van der Waals surface area contributed by atoms with Gasteiger partial charge in [0.25, 0.3) is 0 Å². The van der Waals surface area contributed by atoms with Gasteiger partial charge in [0.05, 0.1) is 0 Å². The van der Waals surface area contributed by atoms with E-state index in [1.165, 1.54) is 11.1 Å². The molecule has 0 spiro atoms. The van der Waals surface area contributed by atoms with Gasteiger partial charge in [-0.05, 0) is 36.1 Å². The van der Waals surface area contributed by atoms with Gasteiger partial charge in [-0.1, -0.05) is 6.07 Å². The number of phenolic OH excluding ortho intramolecular Hbond substituents is 1. The van der Waals surface area contributed by atoms with E-state index in [1.54, 1.807) is 13.2 Å². The monoisotopic (exact) mass is 207 g/mol. The van der Waals surface area contributed by atoms with Gasteiger partial charge in [-0.25, -0.2) is 0 Å². The molecule has 1 atom stereocenters. The van der Waals surface area contributed by atoms with Crippen molar-refractivity contribution in [1.82, 2.24) is 5.32 Å². The van der Waals surface area contributed by atoms with E-state index in [4.69, 9.17) is 4.74 Å². The summed E-state index contributed by atoms with van der Waals surface area (Å²) in [7, 11) is 1.73. The summed E-state index contributed by atoms with van der Waals surface area (Å²) in [4.78, 5) is 0. The second-order valence-electron chi connectivity index (χ2n) is 4.02. The van der Waals surface area contributed by atoms with Gasteiger partial charge in [0.1, 0.15) is 5.75 Å². The number of nitrogens with one attached hydrogen (secondary N) is 1. The van der Waals surface area contributed by atoms with E-state index in [0.29, 0.717) is 11.8 Å². The van der Waals surface area contributed by atoms with Crippen LogP contribution in [-0.4, -0.2) is 24.9 Å². The van der Waals surface area contributed by atoms with E-state index in [0.717, 1.165) is 26.0 Å². The van der Waals surface area contributed by atoms with Crippen LogP contribution in [0.25, 0.3) is 0 Å². The van der Waals surface area contributed by atoms with Gasteiger partial charge in [0, 0.05) is 26.3 Å². The molecule has 1 aliphatic rings. The summed E-state index contributed by atoms with van der Waals surface area (Å²) in [6.07, 6.45) is 2.07. The number of ether oxygens (including phenoxy) is 1. The van der Waals surface area contributed by atoms with Crippen molar-refractivity contribution in [2.45, 2.75) is 25.4 Å². The van der Waals surface area contributed by atoms with Crippen LogP contribution in [0.1, 0.15) is 17.5 Å². The third kappa shape index (κ3) is 2.49. The Morgan fingerprint density at radius 3 is 3.13 bits per heavy atom. The Kier molecular flexibility index (Phi) is 3.23. The van der Waals surface area contributed by atoms with Crippen LogP contribution in [0.4, 0.5) is 0 Å². The number of hydrogen-bond donors (Lipinski definition) is 2. The number of benzene rings is 1. The Labute approximate surface area is 90.1 Å². The molecule has 0 amide bonds. The number of hydrogen-bond acceptors (Lipinski definition) is 3. The van der Waals surface area contributed by atoms with Crippen molar-refractivity contribution in [2.24, 2.45) is 0 Å². The van der Waals surface area contributed by atoms with Crippen LogP contribution in [0.3, 0.4) is 0 Å². The first-order valence-electron chi connectivity index (χ1n) is 5.32. The predicted molar refractivity (Wildman–Crippen MR) is 58.9 cm³/mol. The molecule has 1 aromatic rings. The number of methoxy groups -OCH3 is 1. The Balaban J connectivity index is 2.03. The fourth-order valence-electron chi connectivity index (χ4n) is 2.03. The van der Waals surface area contributed by atoms with Crippen LogP contribution < -0.4 is 5.32 Å². The SMILES string of the molecule is COCCC1Cc2ccc(O)cc2CN1. The lowest BCUT2D eigenvalue weighted by molar-refractivity contribution is 0.181. The van der Waals surface area contributed by atoms with E-state index in [1.807, 2.05) is 12.1 Å². The minimum Gasteiger partial charge on any atom is -0.508 e. The maximum atomic E-state index is 9.35. The maximum absolute atomic E-state index is 9.35. The summed E-state index contributed by atoms with van der Waals surface area (Å²) in [6, 6.07) is 6.12. The highest BCUT2D eigenvalue weighted by Gasteiger charge is 2.17. The molecule has 15 heavy (non-hydrogen) atoms. The van der Waals surface area contributed by atoms with Crippen LogP contribution >= 0.6 is 0 Å². The van der Waals surface area contributed by atoms with Gasteiger partial charge in [-0.3, -0.25) is 0 Å². The molecule has 0 fully saturated rings. The third-order valence-electron chi connectivity index (χ3n) is 2.91. The quantitative estimate of drug-likeness (QED) is 0.788. The summed E-state index contributed by atoms with van der Waals surface area (Å²) >= 11 is 0. The molecular weight excluding hydrogens is 190 g/mol. The van der Waals surface area contributed by atoms with E-state index >= 15 is 0 Å². The first-order chi connectivity index (χ1) is 7.29. The van der Waals surface area contributed by atoms with Gasteiger partial charge in [0.15, 0.2) is 0 Å². The number of rotatable bonds is 3. The van der Waals surface area contributed by atoms with Crippen molar-refractivity contribution in [2.75, 3.05) is 13.7 Å². The third-order valence-corrected chi connectivity index (χ3v) is 2.91. The Bertz CT molecular complexity index is 338. The lowest BCUT2D eigenvalue weighted by Crippen LogP contribution is -2.36. The van der Waals surface area contributed by atoms with Crippen molar-refractivity contribution >= 4 is 0 Å². The molecule has 0 aromatic heterocycles. The van der Waals surface area contributed by atoms with Crippen molar-refractivity contribution in [3.63, 3.8) is 0 Å². The Morgan fingerprint density at radius 2 is 2.33 bits per heavy atom. The minimum atomic E-state index is 0.353. The molecule has 0 aliphatic carbocycles. The van der Waals surface area contributed by atoms with Gasteiger partial charge in [0.2, 0.25) is 0 Å². The molecular formula is C12H17NO2. The average molecular weight is 207 g/mol. The second kappa shape index (κ2) is 4.64. The first-order valence-corrected chi connectivity index (χ1v) is 5.32. The summed E-state index contributed by atoms with van der Waals surface area (Å²) in [5.74, 6) is 0.353. The molecule has 1 aliphatic heterocycles. The van der Waals surface area contributed by atoms with Crippen LogP contribution in [0.2, 0.25) is 0 Å². The molecule has 82 valence electrons. The molecule has 1 unspecified atom stereocenters. The average Bonchev–Trinajstić information content (AvgIpc) is 2.26. The molecule has 1 aromatic carbocycles. The largest absolute Gasteiger partial charge is 0.508 e. The highest BCUT2D eigenvalue weighted by atomic mass is 16.5. The Hall–Kier alpha value is -1.06. The van der Waals surface area contributed by atoms with Gasteiger partial charge in [-0.15, -0.1) is 0 Å². The molecule has 1 heterocycles. The van der Waals surface area contributed by atoms with Gasteiger partial charge >= 0.3 is 0 Å². The highest BCUT2D eigenvalue weighted by molar-refractivity contribution is 5.36. The van der Waals surface area contributed by atoms with E-state index in [-0.39, 0.29) is 0 Å². The lowest BCUT2D eigenvalue weighted by Gasteiger charge is -2.26. The zero-order valence-corrected chi connectivity index (χ0v) is 8.99. The van der Waals surface area contributed by atoms with Crippen molar-refractivity contribution < 1.29 is 9.84 Å². The number of fused-ring (bicyclic) bond motifs is 1. The van der Waals surface area contributed by atoms with Crippen LogP contribution in [0.15, 0.2) is 18.2 Å². The van der Waals surface area contributed by atoms with E-state index < -0.39 is 0 Å². The van der Waals surface area contributed by atoms with E-state index in [9.17, 15) is 5.11 Å². The smallest absolute Gasteiger partial charge is 0.115 e. The molecule has 2 N–H and O–H groups in total. The second-order valence-corrected chi connectivity index (χ2v) is 4.02. The molecule has 0 bridgehead atoms. The first kappa shape index (κ1) is 10.5. The Morgan fingerprint density at radius 1 is 1.47 bits per heavy atom. The zero-order valence-electron chi connectivity index (χ0n) is 8.99. The predicted octanol–water partition coefficient (Wildman–Crippen LogP) is 1.44. The standard InChI is InChI=1S/C12H17NO2/c1-15-5-4-11-6-9-2-3-12(14)7-10(9)8-13-11/h2-3,7,11,13-14H,4-6,8H2,1H3. The van der Waals surface area contributed by atoms with Crippen molar-refractivity contribution in [3.05, 3.63) is 29.3 Å². The summed E-state index contributed by atoms with van der Waals surface area (Å²) in [6.45, 7) is 1.64. The molecule has 0 saturated heterocycles. The molecule has 0 saturated carbocycles. The maximum Gasteiger partial charge on any atom is 0.115 e. The van der Waals surface area contributed by atoms with Crippen molar-refractivity contribution in [1.29, 1.82) is 0 Å². The molecule has 2 rings (SSSR count). The topological polar surface area (TPSA) is 41.5 Å². The summed E-state index contributed by atoms with van der Waals surface area (Å²) in [5.41, 5.74) is 2.55. The number of phenols is 1. The normalized spacial score (nSPS) is 19.9. The fraction of sp³-hybridized carbons (Fsp3) is 0.500. The van der Waals surface area contributed by atoms with Gasteiger partial charge < -0.3 is 15.2 Å². The van der Waals surface area contributed by atoms with Crippen LogP contribution in [-0.2, 0) is 17.7 Å². The van der Waals surface area contributed by atoms with E-state index in [2.05, 4.69) is 5.32 Å². The zero-order chi connectivity index (χ0) is 10.7. The molecule has 0 radical (unpaired) electrons.